The molecule has 104 valence electrons. The van der Waals surface area contributed by atoms with Crippen molar-refractivity contribution in [1.82, 2.24) is 15.5 Å². The minimum absolute atomic E-state index is 0.235. The molecule has 0 saturated carbocycles. The zero-order chi connectivity index (χ0) is 13.8. The van der Waals surface area contributed by atoms with Crippen molar-refractivity contribution in [3.05, 3.63) is 11.7 Å². The van der Waals surface area contributed by atoms with Crippen LogP contribution in [0.2, 0.25) is 0 Å². The second kappa shape index (κ2) is 6.29. The SMILES string of the molecule is CCNC(C)C(CC)c1nc(C(C)(C)OC)no1. The summed E-state index contributed by atoms with van der Waals surface area (Å²) in [4.78, 5) is 4.48. The Morgan fingerprint density at radius 2 is 2.06 bits per heavy atom. The van der Waals surface area contributed by atoms with Crippen molar-refractivity contribution < 1.29 is 9.26 Å². The highest BCUT2D eigenvalue weighted by Crippen LogP contribution is 2.26. The second-order valence-electron chi connectivity index (χ2n) is 5.03. The molecule has 0 aliphatic rings. The van der Waals surface area contributed by atoms with Crippen LogP contribution in [0.3, 0.4) is 0 Å². The molecule has 1 rings (SSSR count). The third-order valence-electron chi connectivity index (χ3n) is 3.38. The van der Waals surface area contributed by atoms with Crippen molar-refractivity contribution in [2.24, 2.45) is 0 Å². The molecule has 0 radical (unpaired) electrons. The van der Waals surface area contributed by atoms with Crippen LogP contribution < -0.4 is 5.32 Å². The number of nitrogens with one attached hydrogen (secondary N) is 1. The maximum Gasteiger partial charge on any atom is 0.231 e. The van der Waals surface area contributed by atoms with Crippen LogP contribution in [0.4, 0.5) is 0 Å². The molecular formula is C13H25N3O2. The third-order valence-corrected chi connectivity index (χ3v) is 3.38. The van der Waals surface area contributed by atoms with Gasteiger partial charge in [0.15, 0.2) is 0 Å². The third kappa shape index (κ3) is 3.29. The van der Waals surface area contributed by atoms with E-state index in [4.69, 9.17) is 9.26 Å². The molecule has 2 atom stereocenters. The van der Waals surface area contributed by atoms with Crippen molar-refractivity contribution in [3.8, 4) is 0 Å². The van der Waals surface area contributed by atoms with Gasteiger partial charge in [0.05, 0.1) is 5.92 Å². The van der Waals surface area contributed by atoms with Crippen molar-refractivity contribution >= 4 is 0 Å². The van der Waals surface area contributed by atoms with E-state index >= 15 is 0 Å². The molecule has 2 unspecified atom stereocenters. The first-order chi connectivity index (χ1) is 8.46. The monoisotopic (exact) mass is 255 g/mol. The quantitative estimate of drug-likeness (QED) is 0.811. The summed E-state index contributed by atoms with van der Waals surface area (Å²) < 4.78 is 10.7. The lowest BCUT2D eigenvalue weighted by Gasteiger charge is -2.20. The normalized spacial score (nSPS) is 15.7. The summed E-state index contributed by atoms with van der Waals surface area (Å²) in [5.74, 6) is 1.52. The number of methoxy groups -OCH3 is 1. The smallest absolute Gasteiger partial charge is 0.231 e. The number of nitrogens with zero attached hydrogens (tertiary/aromatic N) is 2. The topological polar surface area (TPSA) is 60.2 Å². The first kappa shape index (κ1) is 15.1. The van der Waals surface area contributed by atoms with Crippen molar-refractivity contribution in [1.29, 1.82) is 0 Å². The highest BCUT2D eigenvalue weighted by Gasteiger charge is 2.29. The van der Waals surface area contributed by atoms with Gasteiger partial charge in [-0.25, -0.2) is 0 Å². The van der Waals surface area contributed by atoms with Crippen LogP contribution in [0.25, 0.3) is 0 Å². The van der Waals surface area contributed by atoms with Gasteiger partial charge in [0.2, 0.25) is 11.7 Å². The predicted molar refractivity (Wildman–Crippen MR) is 70.5 cm³/mol. The Morgan fingerprint density at radius 3 is 2.56 bits per heavy atom. The molecule has 5 heteroatoms. The fourth-order valence-corrected chi connectivity index (χ4v) is 1.93. The second-order valence-corrected chi connectivity index (χ2v) is 5.03. The number of aromatic nitrogens is 2. The van der Waals surface area contributed by atoms with Gasteiger partial charge in [0, 0.05) is 13.2 Å². The Bertz CT molecular complexity index is 363. The largest absolute Gasteiger partial charge is 0.371 e. The minimum Gasteiger partial charge on any atom is -0.371 e. The van der Waals surface area contributed by atoms with Gasteiger partial charge in [-0.15, -0.1) is 0 Å². The lowest BCUT2D eigenvalue weighted by atomic mass is 9.98. The first-order valence-corrected chi connectivity index (χ1v) is 6.58. The van der Waals surface area contributed by atoms with Crippen LogP contribution in [-0.2, 0) is 10.3 Å². The Kier molecular flexibility index (Phi) is 5.28. The van der Waals surface area contributed by atoms with Crippen LogP contribution in [0.1, 0.15) is 58.7 Å². The number of ether oxygens (including phenoxy) is 1. The van der Waals surface area contributed by atoms with Crippen molar-refractivity contribution in [2.45, 2.75) is 58.6 Å². The first-order valence-electron chi connectivity index (χ1n) is 6.58. The molecule has 5 nitrogen and oxygen atoms in total. The predicted octanol–water partition coefficient (Wildman–Crippen LogP) is 2.44. The summed E-state index contributed by atoms with van der Waals surface area (Å²) in [6.07, 6.45) is 0.962. The van der Waals surface area contributed by atoms with Gasteiger partial charge in [0.1, 0.15) is 5.60 Å². The molecule has 18 heavy (non-hydrogen) atoms. The van der Waals surface area contributed by atoms with E-state index in [0.717, 1.165) is 13.0 Å². The Hall–Kier alpha value is -0.940. The van der Waals surface area contributed by atoms with E-state index in [1.807, 2.05) is 13.8 Å². The molecule has 0 saturated heterocycles. The van der Waals surface area contributed by atoms with E-state index in [-0.39, 0.29) is 5.92 Å². The molecule has 0 aromatic carbocycles. The fraction of sp³-hybridized carbons (Fsp3) is 0.846. The van der Waals surface area contributed by atoms with E-state index in [0.29, 0.717) is 17.8 Å². The number of hydrogen-bond donors (Lipinski definition) is 1. The average molecular weight is 255 g/mol. The van der Waals surface area contributed by atoms with Gasteiger partial charge < -0.3 is 14.6 Å². The van der Waals surface area contributed by atoms with Crippen LogP contribution >= 0.6 is 0 Å². The van der Waals surface area contributed by atoms with Crippen LogP contribution in [0.5, 0.6) is 0 Å². The molecule has 0 amide bonds. The lowest BCUT2D eigenvalue weighted by molar-refractivity contribution is 0.00973. The van der Waals surface area contributed by atoms with E-state index in [1.54, 1.807) is 7.11 Å². The van der Waals surface area contributed by atoms with E-state index in [2.05, 4.69) is 36.2 Å². The summed E-state index contributed by atoms with van der Waals surface area (Å²) >= 11 is 0. The van der Waals surface area contributed by atoms with Crippen molar-refractivity contribution in [3.63, 3.8) is 0 Å². The highest BCUT2D eigenvalue weighted by molar-refractivity contribution is 5.02. The standard InChI is InChI=1S/C13H25N3O2/c1-7-10(9(3)14-8-2)11-15-12(16-18-11)13(4,5)17-6/h9-10,14H,7-8H2,1-6H3. The average Bonchev–Trinajstić information content (AvgIpc) is 2.80. The molecular weight excluding hydrogens is 230 g/mol. The molecule has 0 aliphatic heterocycles. The number of likely N-dealkylation sites (N-methyl/N-ethyl adjacent to an activating group) is 1. The molecule has 1 heterocycles. The van der Waals surface area contributed by atoms with Gasteiger partial charge in [-0.3, -0.25) is 0 Å². The van der Waals surface area contributed by atoms with Crippen molar-refractivity contribution in [2.75, 3.05) is 13.7 Å². The Balaban J connectivity index is 2.89. The summed E-state index contributed by atoms with van der Waals surface area (Å²) in [7, 11) is 1.65. The molecule has 0 aliphatic carbocycles. The molecule has 1 aromatic heterocycles. The molecule has 0 spiro atoms. The van der Waals surface area contributed by atoms with E-state index < -0.39 is 5.60 Å². The molecule has 1 aromatic rings. The zero-order valence-corrected chi connectivity index (χ0v) is 12.3. The van der Waals surface area contributed by atoms with Gasteiger partial charge in [-0.1, -0.05) is 19.0 Å². The lowest BCUT2D eigenvalue weighted by Crippen LogP contribution is -2.32. The Morgan fingerprint density at radius 1 is 1.39 bits per heavy atom. The summed E-state index contributed by atoms with van der Waals surface area (Å²) in [5, 5.41) is 7.43. The molecule has 0 bridgehead atoms. The number of hydrogen-bond acceptors (Lipinski definition) is 5. The zero-order valence-electron chi connectivity index (χ0n) is 12.3. The van der Waals surface area contributed by atoms with E-state index in [1.165, 1.54) is 0 Å². The molecule has 1 N–H and O–H groups in total. The fourth-order valence-electron chi connectivity index (χ4n) is 1.93. The van der Waals surface area contributed by atoms with Crippen LogP contribution in [0, 0.1) is 0 Å². The van der Waals surface area contributed by atoms with Crippen LogP contribution in [0.15, 0.2) is 4.52 Å². The van der Waals surface area contributed by atoms with Gasteiger partial charge in [-0.05, 0) is 33.7 Å². The number of rotatable bonds is 7. The maximum absolute atomic E-state index is 5.39. The summed E-state index contributed by atoms with van der Waals surface area (Å²) in [6.45, 7) is 11.2. The highest BCUT2D eigenvalue weighted by atomic mass is 16.5. The molecule has 0 fully saturated rings. The van der Waals surface area contributed by atoms with E-state index in [9.17, 15) is 0 Å². The van der Waals surface area contributed by atoms with Gasteiger partial charge in [0.25, 0.3) is 0 Å². The van der Waals surface area contributed by atoms with Gasteiger partial charge >= 0.3 is 0 Å². The summed E-state index contributed by atoms with van der Waals surface area (Å²) in [5.41, 5.74) is -0.512. The Labute approximate surface area is 109 Å². The van der Waals surface area contributed by atoms with Gasteiger partial charge in [-0.2, -0.15) is 4.98 Å². The minimum atomic E-state index is -0.512. The van der Waals surface area contributed by atoms with Crippen LogP contribution in [-0.4, -0.2) is 29.8 Å². The summed E-state index contributed by atoms with van der Waals surface area (Å²) in [6, 6.07) is 0.318. The maximum atomic E-state index is 5.39.